The molecular formula is C33H42BrN5O3S. The lowest BCUT2D eigenvalue weighted by atomic mass is 10.0. The standard InChI is InChI=1S/C28H32BrN3O2S.C5H10N2O/c1-5-24(29)17-10-19(2)31-27(33)18-20(3)32-28(23-15-16-23)22-13-11-21(12-14-22)25-8-6-7-9-26(25)35(4,30)34;8-5-7-3-1-6-2-4-7/h5-14,17,20,32H,2,4,15-16,18H2,1,3H3,(H2,30,34)(H,31,33);5-6H,1-4H2/b17-10-,24-5+;. The van der Waals surface area contributed by atoms with Crippen molar-refractivity contribution >= 4 is 49.5 Å². The van der Waals surface area contributed by atoms with Crippen LogP contribution in [0.1, 0.15) is 38.7 Å². The first-order valence-electron chi connectivity index (χ1n) is 14.2. The molecule has 2 aliphatic rings. The lowest BCUT2D eigenvalue weighted by molar-refractivity contribution is -0.120. The van der Waals surface area contributed by atoms with Crippen molar-refractivity contribution in [1.82, 2.24) is 20.9 Å². The third-order valence-corrected chi connectivity index (χ3v) is 8.62. The van der Waals surface area contributed by atoms with Crippen LogP contribution in [-0.4, -0.2) is 59.5 Å². The highest BCUT2D eigenvalue weighted by molar-refractivity contribution is 9.11. The van der Waals surface area contributed by atoms with Crippen LogP contribution < -0.4 is 21.1 Å². The van der Waals surface area contributed by atoms with E-state index in [1.165, 1.54) is 5.57 Å². The number of nitrogens with two attached hydrogens (primary N) is 1. The number of carbonyl (C=O) groups excluding carboxylic acids is 2. The number of hydrogen-bond donors (Lipinski definition) is 4. The van der Waals surface area contributed by atoms with Crippen molar-refractivity contribution in [2.45, 2.75) is 44.0 Å². The Hall–Kier alpha value is -3.44. The van der Waals surface area contributed by atoms with Crippen molar-refractivity contribution < 1.29 is 13.8 Å². The molecule has 0 bridgehead atoms. The molecule has 0 radical (unpaired) electrons. The number of piperazine rings is 1. The average Bonchev–Trinajstić information content (AvgIpc) is 3.84. The van der Waals surface area contributed by atoms with E-state index in [-0.39, 0.29) is 11.9 Å². The predicted molar refractivity (Wildman–Crippen MR) is 183 cm³/mol. The molecule has 5 N–H and O–H groups in total. The number of halogens is 1. The van der Waals surface area contributed by atoms with Crippen LogP contribution in [-0.2, 0) is 19.3 Å². The third kappa shape index (κ3) is 11.3. The van der Waals surface area contributed by atoms with Gasteiger partial charge in [-0.1, -0.05) is 71.0 Å². The van der Waals surface area contributed by atoms with Crippen molar-refractivity contribution in [2.75, 3.05) is 26.2 Å². The van der Waals surface area contributed by atoms with Gasteiger partial charge in [0.05, 0.1) is 14.6 Å². The summed E-state index contributed by atoms with van der Waals surface area (Å²) in [6, 6.07) is 15.4. The maximum Gasteiger partial charge on any atom is 0.226 e. The second-order valence-electron chi connectivity index (χ2n) is 10.5. The van der Waals surface area contributed by atoms with Crippen LogP contribution >= 0.6 is 15.9 Å². The number of benzene rings is 2. The van der Waals surface area contributed by atoms with Crippen LogP contribution in [0.2, 0.25) is 0 Å². The first-order valence-corrected chi connectivity index (χ1v) is 16.8. The minimum atomic E-state index is -2.83. The summed E-state index contributed by atoms with van der Waals surface area (Å²) in [7, 11) is -2.83. The Balaban J connectivity index is 0.000000546. The number of nitrogens with zero attached hydrogens (tertiary/aromatic N) is 1. The maximum absolute atomic E-state index is 12.5. The van der Waals surface area contributed by atoms with E-state index in [4.69, 9.17) is 5.14 Å². The van der Waals surface area contributed by atoms with Gasteiger partial charge < -0.3 is 20.9 Å². The lowest BCUT2D eigenvalue weighted by Gasteiger charge is -2.22. The molecule has 1 aliphatic carbocycles. The highest BCUT2D eigenvalue weighted by atomic mass is 79.9. The van der Waals surface area contributed by atoms with Crippen molar-refractivity contribution in [2.24, 2.45) is 5.14 Å². The van der Waals surface area contributed by atoms with Gasteiger partial charge in [0.1, 0.15) is 0 Å². The molecule has 2 unspecified atom stereocenters. The molecular weight excluding hydrogens is 626 g/mol. The molecule has 2 aromatic rings. The fourth-order valence-corrected chi connectivity index (χ4v) is 5.44. The highest BCUT2D eigenvalue weighted by Gasteiger charge is 2.21. The van der Waals surface area contributed by atoms with Crippen molar-refractivity contribution in [3.05, 3.63) is 94.7 Å². The SMILES string of the molecule is C=C(/C=C\C(Br)=C/C)NC(=O)CC(C)NC(=C1CC1)c1ccc(-c2ccccc2S(=C)(N)=O)cc1.O=CN1CCNCC1. The molecule has 0 aromatic heterocycles. The van der Waals surface area contributed by atoms with Gasteiger partial charge in [0.25, 0.3) is 0 Å². The fraction of sp³-hybridized carbons (Fsp3) is 0.303. The molecule has 230 valence electrons. The molecule has 2 fully saturated rings. The summed E-state index contributed by atoms with van der Waals surface area (Å²) in [4.78, 5) is 24.8. The van der Waals surface area contributed by atoms with Gasteiger partial charge in [0.15, 0.2) is 0 Å². The molecule has 2 aromatic carbocycles. The van der Waals surface area contributed by atoms with Crippen LogP contribution in [0.15, 0.2) is 94.0 Å². The molecule has 10 heteroatoms. The lowest BCUT2D eigenvalue weighted by Crippen LogP contribution is -2.42. The van der Waals surface area contributed by atoms with E-state index >= 15 is 0 Å². The van der Waals surface area contributed by atoms with Gasteiger partial charge in [-0.3, -0.25) is 14.7 Å². The van der Waals surface area contributed by atoms with E-state index < -0.39 is 9.71 Å². The van der Waals surface area contributed by atoms with Crippen LogP contribution in [0.25, 0.3) is 16.8 Å². The van der Waals surface area contributed by atoms with E-state index in [0.717, 1.165) is 72.3 Å². The Kier molecular flexibility index (Phi) is 13.0. The van der Waals surface area contributed by atoms with Gasteiger partial charge in [-0.15, -0.1) is 0 Å². The Morgan fingerprint density at radius 3 is 2.35 bits per heavy atom. The smallest absolute Gasteiger partial charge is 0.226 e. The minimum absolute atomic E-state index is 0.0642. The number of rotatable bonds is 11. The van der Waals surface area contributed by atoms with Crippen LogP contribution in [0.3, 0.4) is 0 Å². The molecule has 1 saturated carbocycles. The zero-order valence-electron chi connectivity index (χ0n) is 24.9. The first kappa shape index (κ1) is 34.1. The molecule has 1 saturated heterocycles. The summed E-state index contributed by atoms with van der Waals surface area (Å²) >= 11 is 3.39. The number of nitrogens with one attached hydrogen (secondary N) is 3. The molecule has 2 atom stereocenters. The zero-order valence-corrected chi connectivity index (χ0v) is 27.3. The summed E-state index contributed by atoms with van der Waals surface area (Å²) in [6.45, 7) is 11.4. The first-order chi connectivity index (χ1) is 20.5. The summed E-state index contributed by atoms with van der Waals surface area (Å²) < 4.78 is 13.3. The Morgan fingerprint density at radius 2 is 1.79 bits per heavy atom. The minimum Gasteiger partial charge on any atom is -0.382 e. The molecule has 0 spiro atoms. The molecule has 2 amide bonds. The summed E-state index contributed by atoms with van der Waals surface area (Å²) in [5.41, 5.74) is 5.75. The summed E-state index contributed by atoms with van der Waals surface area (Å²) in [5.74, 6) is 3.55. The van der Waals surface area contributed by atoms with E-state index in [9.17, 15) is 13.8 Å². The van der Waals surface area contributed by atoms with E-state index in [1.807, 2.05) is 68.5 Å². The summed E-state index contributed by atoms with van der Waals surface area (Å²) in [5, 5.41) is 15.3. The van der Waals surface area contributed by atoms with Gasteiger partial charge in [0, 0.05) is 54.5 Å². The number of carbonyl (C=O) groups is 2. The van der Waals surface area contributed by atoms with Crippen molar-refractivity contribution in [1.29, 1.82) is 0 Å². The molecule has 1 aliphatic heterocycles. The van der Waals surface area contributed by atoms with Gasteiger partial charge >= 0.3 is 0 Å². The monoisotopic (exact) mass is 667 g/mol. The number of hydrogen-bond acceptors (Lipinski definition) is 5. The van der Waals surface area contributed by atoms with Gasteiger partial charge in [-0.25, -0.2) is 4.21 Å². The molecule has 43 heavy (non-hydrogen) atoms. The number of allylic oxidation sites excluding steroid dienone is 5. The Labute approximate surface area is 264 Å². The second-order valence-corrected chi connectivity index (χ2v) is 13.3. The maximum atomic E-state index is 12.5. The molecule has 1 heterocycles. The van der Waals surface area contributed by atoms with Crippen LogP contribution in [0.5, 0.6) is 0 Å². The molecule has 8 nitrogen and oxygen atoms in total. The predicted octanol–water partition coefficient (Wildman–Crippen LogP) is 4.71. The van der Waals surface area contributed by atoms with Crippen molar-refractivity contribution in [3.8, 4) is 11.1 Å². The van der Waals surface area contributed by atoms with Crippen molar-refractivity contribution in [3.63, 3.8) is 0 Å². The quantitative estimate of drug-likeness (QED) is 0.157. The Bertz CT molecular complexity index is 1480. The average molecular weight is 669 g/mol. The van der Waals surface area contributed by atoms with E-state index in [0.29, 0.717) is 17.0 Å². The van der Waals surface area contributed by atoms with E-state index in [1.54, 1.807) is 17.0 Å². The van der Waals surface area contributed by atoms with E-state index in [2.05, 4.69) is 44.3 Å². The topological polar surface area (TPSA) is 117 Å². The fourth-order valence-electron chi connectivity index (χ4n) is 4.44. The summed E-state index contributed by atoms with van der Waals surface area (Å²) in [6.07, 6.45) is 8.82. The largest absolute Gasteiger partial charge is 0.382 e. The zero-order chi connectivity index (χ0) is 31.4. The van der Waals surface area contributed by atoms with Gasteiger partial charge in [-0.2, -0.15) is 0 Å². The van der Waals surface area contributed by atoms with Gasteiger partial charge in [0.2, 0.25) is 12.3 Å². The molecule has 4 rings (SSSR count). The highest BCUT2D eigenvalue weighted by Crippen LogP contribution is 2.36. The number of amides is 2. The second kappa shape index (κ2) is 16.4. The van der Waals surface area contributed by atoms with Gasteiger partial charge in [-0.05, 0) is 73.0 Å². The normalized spacial score (nSPS) is 16.8. The Morgan fingerprint density at radius 1 is 1.14 bits per heavy atom. The van der Waals surface area contributed by atoms with Crippen LogP contribution in [0, 0.1) is 0 Å². The van der Waals surface area contributed by atoms with Crippen LogP contribution in [0.4, 0.5) is 0 Å². The third-order valence-electron chi connectivity index (χ3n) is 6.80.